The van der Waals surface area contributed by atoms with Crippen LogP contribution in [0.4, 0.5) is 0 Å². The van der Waals surface area contributed by atoms with Crippen LogP contribution in [-0.4, -0.2) is 0 Å². The van der Waals surface area contributed by atoms with Crippen molar-refractivity contribution in [3.05, 3.63) is 20.8 Å². The van der Waals surface area contributed by atoms with Gasteiger partial charge < -0.3 is 0 Å². The highest BCUT2D eigenvalue weighted by atomic mass is 79.9. The summed E-state index contributed by atoms with van der Waals surface area (Å²) >= 11 is 5.40. The molecule has 0 saturated carbocycles. The van der Waals surface area contributed by atoms with Crippen molar-refractivity contribution in [2.24, 2.45) is 0 Å². The van der Waals surface area contributed by atoms with Crippen LogP contribution in [-0.2, 0) is 6.42 Å². The minimum atomic E-state index is 1.27. The Morgan fingerprint density at radius 2 is 1.39 bits per heavy atom. The van der Waals surface area contributed by atoms with E-state index >= 15 is 0 Å². The molecule has 0 nitrogen and oxygen atoms in total. The summed E-state index contributed by atoms with van der Waals surface area (Å²) in [4.78, 5) is 1.53. The lowest BCUT2D eigenvalue weighted by Gasteiger charge is -2.01. The summed E-state index contributed by atoms with van der Waals surface area (Å²) < 4.78 is 1.27. The third-order valence-electron chi connectivity index (χ3n) is 3.41. The zero-order chi connectivity index (χ0) is 13.1. The fourth-order valence-electron chi connectivity index (χ4n) is 2.27. The summed E-state index contributed by atoms with van der Waals surface area (Å²) in [5.41, 5.74) is 0. The molecule has 1 aromatic rings. The summed E-state index contributed by atoms with van der Waals surface area (Å²) in [6.07, 6.45) is 15.5. The van der Waals surface area contributed by atoms with Gasteiger partial charge in [-0.05, 0) is 40.9 Å². The number of hydrogen-bond acceptors (Lipinski definition) is 1. The first-order valence-corrected chi connectivity index (χ1v) is 9.18. The molecule has 0 saturated heterocycles. The van der Waals surface area contributed by atoms with Crippen molar-refractivity contribution in [2.45, 2.75) is 77.6 Å². The van der Waals surface area contributed by atoms with Crippen LogP contribution in [0.1, 0.15) is 76.0 Å². The van der Waals surface area contributed by atoms with Crippen LogP contribution in [0.3, 0.4) is 0 Å². The van der Waals surface area contributed by atoms with Crippen molar-refractivity contribution in [3.8, 4) is 0 Å². The summed E-state index contributed by atoms with van der Waals surface area (Å²) in [5.74, 6) is 0. The second-order valence-electron chi connectivity index (χ2n) is 5.14. The predicted molar refractivity (Wildman–Crippen MR) is 87.6 cm³/mol. The van der Waals surface area contributed by atoms with Crippen LogP contribution in [0.25, 0.3) is 0 Å². The van der Waals surface area contributed by atoms with Crippen LogP contribution < -0.4 is 0 Å². The molecule has 0 atom stereocenters. The lowest BCUT2D eigenvalue weighted by molar-refractivity contribution is 0.557. The summed E-state index contributed by atoms with van der Waals surface area (Å²) in [6, 6.07) is 4.42. The summed E-state index contributed by atoms with van der Waals surface area (Å²) in [7, 11) is 0. The molecule has 0 aromatic carbocycles. The first kappa shape index (κ1) is 16.2. The average molecular weight is 331 g/mol. The van der Waals surface area contributed by atoms with E-state index in [1.807, 2.05) is 11.3 Å². The number of hydrogen-bond donors (Lipinski definition) is 0. The van der Waals surface area contributed by atoms with Crippen molar-refractivity contribution in [1.29, 1.82) is 0 Å². The summed E-state index contributed by atoms with van der Waals surface area (Å²) in [6.45, 7) is 2.28. The van der Waals surface area contributed by atoms with E-state index in [9.17, 15) is 0 Å². The van der Waals surface area contributed by atoms with E-state index < -0.39 is 0 Å². The quantitative estimate of drug-likeness (QED) is 0.384. The topological polar surface area (TPSA) is 0 Å². The van der Waals surface area contributed by atoms with Gasteiger partial charge in [-0.3, -0.25) is 0 Å². The fraction of sp³-hybridized carbons (Fsp3) is 0.750. The molecule has 0 radical (unpaired) electrons. The molecule has 1 aromatic heterocycles. The third-order valence-corrected chi connectivity index (χ3v) is 5.09. The van der Waals surface area contributed by atoms with E-state index in [0.29, 0.717) is 0 Å². The molecule has 104 valence electrons. The van der Waals surface area contributed by atoms with Gasteiger partial charge in [-0.25, -0.2) is 0 Å². The molecule has 0 N–H and O–H groups in total. The van der Waals surface area contributed by atoms with Gasteiger partial charge in [0.25, 0.3) is 0 Å². The Labute approximate surface area is 125 Å². The molecule has 0 bridgehead atoms. The molecule has 0 aliphatic carbocycles. The number of unbranched alkanes of at least 4 members (excludes halogenated alkanes) is 9. The average Bonchev–Trinajstić information content (AvgIpc) is 2.77. The smallest absolute Gasteiger partial charge is 0.0701 e. The van der Waals surface area contributed by atoms with E-state index in [1.165, 1.54) is 79.3 Å². The first-order valence-electron chi connectivity index (χ1n) is 7.57. The van der Waals surface area contributed by atoms with E-state index in [0.717, 1.165) is 0 Å². The molecular weight excluding hydrogens is 304 g/mol. The zero-order valence-corrected chi connectivity index (χ0v) is 14.1. The Hall–Kier alpha value is 0.180. The number of aryl methyl sites for hydroxylation is 1. The van der Waals surface area contributed by atoms with E-state index in [4.69, 9.17) is 0 Å². The monoisotopic (exact) mass is 330 g/mol. The Morgan fingerprint density at radius 3 is 1.89 bits per heavy atom. The Morgan fingerprint density at radius 1 is 0.833 bits per heavy atom. The number of halogens is 1. The highest BCUT2D eigenvalue weighted by Gasteiger charge is 1.97. The van der Waals surface area contributed by atoms with Gasteiger partial charge in [-0.2, -0.15) is 0 Å². The predicted octanol–water partition coefficient (Wildman–Crippen LogP) is 6.97. The van der Waals surface area contributed by atoms with Crippen LogP contribution >= 0.6 is 27.3 Å². The van der Waals surface area contributed by atoms with E-state index in [-0.39, 0.29) is 0 Å². The molecule has 1 rings (SSSR count). The van der Waals surface area contributed by atoms with Gasteiger partial charge in [-0.15, -0.1) is 11.3 Å². The molecule has 0 amide bonds. The molecule has 0 spiro atoms. The molecule has 0 unspecified atom stereocenters. The van der Waals surface area contributed by atoms with Gasteiger partial charge in [-0.1, -0.05) is 64.7 Å². The van der Waals surface area contributed by atoms with Gasteiger partial charge in [0, 0.05) is 4.88 Å². The molecule has 18 heavy (non-hydrogen) atoms. The van der Waals surface area contributed by atoms with Gasteiger partial charge in [0.2, 0.25) is 0 Å². The maximum atomic E-state index is 3.52. The maximum Gasteiger partial charge on any atom is 0.0701 e. The SMILES string of the molecule is CCCCCCCCCCCCc1ccc(Br)s1. The highest BCUT2D eigenvalue weighted by Crippen LogP contribution is 2.23. The molecule has 1 heterocycles. The maximum absolute atomic E-state index is 3.52. The second-order valence-corrected chi connectivity index (χ2v) is 7.69. The number of rotatable bonds is 11. The van der Waals surface area contributed by atoms with Gasteiger partial charge in [0.05, 0.1) is 3.79 Å². The fourth-order valence-corrected chi connectivity index (χ4v) is 3.80. The Kier molecular flexibility index (Phi) is 9.96. The first-order chi connectivity index (χ1) is 8.83. The van der Waals surface area contributed by atoms with Crippen LogP contribution in [0.2, 0.25) is 0 Å². The second kappa shape index (κ2) is 11.0. The van der Waals surface area contributed by atoms with Gasteiger partial charge >= 0.3 is 0 Å². The molecular formula is C16H27BrS. The Bertz CT molecular complexity index is 293. The number of thiophene rings is 1. The van der Waals surface area contributed by atoms with Gasteiger partial charge in [0.1, 0.15) is 0 Å². The highest BCUT2D eigenvalue weighted by molar-refractivity contribution is 9.11. The molecule has 0 fully saturated rings. The standard InChI is InChI=1S/C16H27BrS/c1-2-3-4-5-6-7-8-9-10-11-12-15-13-14-16(17)18-15/h13-14H,2-12H2,1H3. The Balaban J connectivity index is 1.81. The van der Waals surface area contributed by atoms with Crippen LogP contribution in [0, 0.1) is 0 Å². The van der Waals surface area contributed by atoms with Crippen molar-refractivity contribution in [1.82, 2.24) is 0 Å². The van der Waals surface area contributed by atoms with Crippen LogP contribution in [0.15, 0.2) is 15.9 Å². The minimum absolute atomic E-state index is 1.27. The van der Waals surface area contributed by atoms with Crippen molar-refractivity contribution >= 4 is 27.3 Å². The van der Waals surface area contributed by atoms with Crippen molar-refractivity contribution in [2.75, 3.05) is 0 Å². The van der Waals surface area contributed by atoms with E-state index in [2.05, 4.69) is 35.0 Å². The largest absolute Gasteiger partial charge is 0.133 e. The summed E-state index contributed by atoms with van der Waals surface area (Å²) in [5, 5.41) is 0. The molecule has 2 heteroatoms. The normalized spacial score (nSPS) is 11.0. The van der Waals surface area contributed by atoms with E-state index in [1.54, 1.807) is 0 Å². The zero-order valence-electron chi connectivity index (χ0n) is 11.7. The lowest BCUT2D eigenvalue weighted by Crippen LogP contribution is -1.83. The third kappa shape index (κ3) is 8.31. The van der Waals surface area contributed by atoms with Crippen LogP contribution in [0.5, 0.6) is 0 Å². The molecule has 0 aliphatic rings. The van der Waals surface area contributed by atoms with Crippen molar-refractivity contribution in [3.63, 3.8) is 0 Å². The van der Waals surface area contributed by atoms with Crippen molar-refractivity contribution < 1.29 is 0 Å². The molecule has 0 aliphatic heterocycles. The minimum Gasteiger partial charge on any atom is -0.133 e. The van der Waals surface area contributed by atoms with Gasteiger partial charge in [0.15, 0.2) is 0 Å². The lowest BCUT2D eigenvalue weighted by atomic mass is 10.1.